The van der Waals surface area contributed by atoms with Crippen molar-refractivity contribution in [3.8, 4) is 5.75 Å². The average molecular weight is 302 g/mol. The Morgan fingerprint density at radius 2 is 2.18 bits per heavy atom. The van der Waals surface area contributed by atoms with E-state index < -0.39 is 0 Å². The lowest BCUT2D eigenvalue weighted by Crippen LogP contribution is -2.38. The largest absolute Gasteiger partial charge is 0.484 e. The van der Waals surface area contributed by atoms with Crippen molar-refractivity contribution in [2.45, 2.75) is 31.8 Å². The van der Waals surface area contributed by atoms with Gasteiger partial charge < -0.3 is 10.1 Å². The number of aryl methyl sites for hydroxylation is 1. The van der Waals surface area contributed by atoms with Crippen LogP contribution in [0.25, 0.3) is 0 Å². The predicted molar refractivity (Wildman–Crippen MR) is 79.7 cm³/mol. The van der Waals surface area contributed by atoms with Crippen LogP contribution in [0, 0.1) is 0 Å². The van der Waals surface area contributed by atoms with Crippen molar-refractivity contribution in [3.63, 3.8) is 0 Å². The summed E-state index contributed by atoms with van der Waals surface area (Å²) < 4.78 is 7.05. The summed E-state index contributed by atoms with van der Waals surface area (Å²) in [4.78, 5) is 23.5. The molecular formula is C15H18N4O3. The normalized spacial score (nSPS) is 17.4. The number of nitrogens with zero attached hydrogens (tertiary/aromatic N) is 2. The Morgan fingerprint density at radius 1 is 1.36 bits per heavy atom. The molecule has 2 N–H and O–H groups in total. The van der Waals surface area contributed by atoms with Crippen LogP contribution in [0.2, 0.25) is 0 Å². The first-order chi connectivity index (χ1) is 10.7. The van der Waals surface area contributed by atoms with Gasteiger partial charge in [0, 0.05) is 19.0 Å². The molecule has 1 amide bonds. The van der Waals surface area contributed by atoms with Crippen molar-refractivity contribution in [1.82, 2.24) is 20.1 Å². The lowest BCUT2D eigenvalue weighted by atomic mass is 10.1. The third-order valence-electron chi connectivity index (χ3n) is 3.73. The van der Waals surface area contributed by atoms with Gasteiger partial charge in [0.1, 0.15) is 11.6 Å². The van der Waals surface area contributed by atoms with Gasteiger partial charge in [0.25, 0.3) is 5.91 Å². The number of H-pyrrole nitrogens is 1. The third-order valence-corrected chi connectivity index (χ3v) is 3.73. The van der Waals surface area contributed by atoms with E-state index in [1.54, 1.807) is 4.57 Å². The van der Waals surface area contributed by atoms with Crippen LogP contribution in [0.5, 0.6) is 5.75 Å². The number of ether oxygens (including phenoxy) is 1. The first kappa shape index (κ1) is 14.4. The molecule has 116 valence electrons. The maximum atomic E-state index is 11.9. The summed E-state index contributed by atoms with van der Waals surface area (Å²) in [6, 6.07) is 9.26. The van der Waals surface area contributed by atoms with Gasteiger partial charge >= 0.3 is 5.69 Å². The van der Waals surface area contributed by atoms with Crippen LogP contribution < -0.4 is 15.7 Å². The number of hydrogen-bond donors (Lipinski definition) is 2. The molecule has 1 aliphatic rings. The Labute approximate surface area is 127 Å². The van der Waals surface area contributed by atoms with Crippen molar-refractivity contribution in [1.29, 1.82) is 0 Å². The number of carbonyl (C=O) groups is 1. The molecule has 7 nitrogen and oxygen atoms in total. The SMILES string of the molecule is O=C(COc1ccccc1)NC1CCc2n[nH]c(=O)n2CC1. The first-order valence-electron chi connectivity index (χ1n) is 7.33. The number of para-hydroxylation sites is 1. The Hall–Kier alpha value is -2.57. The number of benzene rings is 1. The highest BCUT2D eigenvalue weighted by Crippen LogP contribution is 2.11. The van der Waals surface area contributed by atoms with E-state index in [0.29, 0.717) is 25.1 Å². The van der Waals surface area contributed by atoms with Crippen molar-refractivity contribution in [2.24, 2.45) is 0 Å². The van der Waals surface area contributed by atoms with E-state index in [-0.39, 0.29) is 24.2 Å². The number of amides is 1. The van der Waals surface area contributed by atoms with Gasteiger partial charge in [-0.25, -0.2) is 9.89 Å². The van der Waals surface area contributed by atoms with Gasteiger partial charge in [0.15, 0.2) is 6.61 Å². The van der Waals surface area contributed by atoms with Gasteiger partial charge in [-0.15, -0.1) is 0 Å². The van der Waals surface area contributed by atoms with E-state index in [4.69, 9.17) is 4.74 Å². The number of carbonyl (C=O) groups excluding carboxylic acids is 1. The van der Waals surface area contributed by atoms with Crippen LogP contribution in [-0.4, -0.2) is 33.3 Å². The fourth-order valence-corrected chi connectivity index (χ4v) is 2.58. The fourth-order valence-electron chi connectivity index (χ4n) is 2.58. The van der Waals surface area contributed by atoms with E-state index in [2.05, 4.69) is 15.5 Å². The van der Waals surface area contributed by atoms with E-state index in [0.717, 1.165) is 12.2 Å². The molecule has 1 aromatic heterocycles. The van der Waals surface area contributed by atoms with Crippen molar-refractivity contribution in [2.75, 3.05) is 6.61 Å². The van der Waals surface area contributed by atoms with Gasteiger partial charge in [-0.2, -0.15) is 5.10 Å². The zero-order valence-corrected chi connectivity index (χ0v) is 12.1. The summed E-state index contributed by atoms with van der Waals surface area (Å²) in [6.07, 6.45) is 2.15. The molecule has 1 atom stereocenters. The Balaban J connectivity index is 1.49. The standard InChI is InChI=1S/C15H18N4O3/c20-14(10-22-12-4-2-1-3-5-12)16-11-6-7-13-17-18-15(21)19(13)9-8-11/h1-5,11H,6-10H2,(H,16,20)(H,18,21). The molecule has 0 spiro atoms. The van der Waals surface area contributed by atoms with Gasteiger partial charge in [-0.1, -0.05) is 18.2 Å². The van der Waals surface area contributed by atoms with Gasteiger partial charge in [-0.05, 0) is 25.0 Å². The second-order valence-electron chi connectivity index (χ2n) is 5.29. The fraction of sp³-hybridized carbons (Fsp3) is 0.400. The molecule has 22 heavy (non-hydrogen) atoms. The Morgan fingerprint density at radius 3 is 3.00 bits per heavy atom. The topological polar surface area (TPSA) is 89.0 Å². The minimum Gasteiger partial charge on any atom is -0.484 e. The summed E-state index contributed by atoms with van der Waals surface area (Å²) >= 11 is 0. The summed E-state index contributed by atoms with van der Waals surface area (Å²) in [5.41, 5.74) is -0.186. The third kappa shape index (κ3) is 3.36. The number of fused-ring (bicyclic) bond motifs is 1. The van der Waals surface area contributed by atoms with Crippen molar-refractivity contribution in [3.05, 3.63) is 46.6 Å². The highest BCUT2D eigenvalue weighted by Gasteiger charge is 2.20. The zero-order chi connectivity index (χ0) is 15.4. The molecule has 0 radical (unpaired) electrons. The molecule has 0 fully saturated rings. The van der Waals surface area contributed by atoms with Crippen LogP contribution >= 0.6 is 0 Å². The molecule has 0 saturated heterocycles. The van der Waals surface area contributed by atoms with E-state index in [1.165, 1.54) is 0 Å². The van der Waals surface area contributed by atoms with Crippen LogP contribution in [0.3, 0.4) is 0 Å². The summed E-state index contributed by atoms with van der Waals surface area (Å²) in [5, 5.41) is 9.40. The average Bonchev–Trinajstić information content (AvgIpc) is 2.76. The molecule has 1 aromatic carbocycles. The second-order valence-corrected chi connectivity index (χ2v) is 5.29. The van der Waals surface area contributed by atoms with E-state index in [9.17, 15) is 9.59 Å². The lowest BCUT2D eigenvalue weighted by molar-refractivity contribution is -0.123. The van der Waals surface area contributed by atoms with Crippen LogP contribution in [0.15, 0.2) is 35.1 Å². The van der Waals surface area contributed by atoms with Gasteiger partial charge in [-0.3, -0.25) is 9.36 Å². The van der Waals surface area contributed by atoms with E-state index >= 15 is 0 Å². The number of hydrogen-bond acceptors (Lipinski definition) is 4. The Bertz CT molecular complexity index is 692. The molecule has 2 aromatic rings. The molecule has 3 rings (SSSR count). The van der Waals surface area contributed by atoms with Crippen LogP contribution in [-0.2, 0) is 17.8 Å². The van der Waals surface area contributed by atoms with E-state index in [1.807, 2.05) is 30.3 Å². The monoisotopic (exact) mass is 302 g/mol. The number of aromatic amines is 1. The van der Waals surface area contributed by atoms with Crippen LogP contribution in [0.1, 0.15) is 18.7 Å². The van der Waals surface area contributed by atoms with Crippen LogP contribution in [0.4, 0.5) is 0 Å². The van der Waals surface area contributed by atoms with Gasteiger partial charge in [0.05, 0.1) is 0 Å². The summed E-state index contributed by atoms with van der Waals surface area (Å²) in [5.74, 6) is 1.27. The molecule has 1 aliphatic heterocycles. The lowest BCUT2D eigenvalue weighted by Gasteiger charge is -2.16. The Kier molecular flexibility index (Phi) is 4.22. The molecule has 0 saturated carbocycles. The molecule has 1 unspecified atom stereocenters. The maximum absolute atomic E-state index is 11.9. The van der Waals surface area contributed by atoms with Crippen molar-refractivity contribution < 1.29 is 9.53 Å². The van der Waals surface area contributed by atoms with Crippen molar-refractivity contribution >= 4 is 5.91 Å². The minimum absolute atomic E-state index is 0.00827. The number of aromatic nitrogens is 3. The molecule has 7 heteroatoms. The highest BCUT2D eigenvalue weighted by molar-refractivity contribution is 5.77. The van der Waals surface area contributed by atoms with Gasteiger partial charge in [0.2, 0.25) is 0 Å². The molecular weight excluding hydrogens is 284 g/mol. The smallest absolute Gasteiger partial charge is 0.343 e. The molecule has 0 aliphatic carbocycles. The second kappa shape index (κ2) is 6.46. The highest BCUT2D eigenvalue weighted by atomic mass is 16.5. The zero-order valence-electron chi connectivity index (χ0n) is 12.1. The molecule has 0 bridgehead atoms. The quantitative estimate of drug-likeness (QED) is 0.859. The first-order valence-corrected chi connectivity index (χ1v) is 7.33. The summed E-state index contributed by atoms with van der Waals surface area (Å²) in [7, 11) is 0. The number of nitrogens with one attached hydrogen (secondary N) is 2. The number of rotatable bonds is 4. The maximum Gasteiger partial charge on any atom is 0.343 e. The molecule has 2 heterocycles. The minimum atomic E-state index is -0.186. The predicted octanol–water partition coefficient (Wildman–Crippen LogP) is 0.471. The summed E-state index contributed by atoms with van der Waals surface area (Å²) in [6.45, 7) is 0.556.